The van der Waals surface area contributed by atoms with Gasteiger partial charge >= 0.3 is 11.8 Å². The molecule has 6 nitrogen and oxygen atoms in total. The fraction of sp³-hybridized carbons (Fsp3) is 0.267. The highest BCUT2D eigenvalue weighted by Gasteiger charge is 2.14. The van der Waals surface area contributed by atoms with Gasteiger partial charge in [0.25, 0.3) is 0 Å². The third kappa shape index (κ3) is 4.00. The van der Waals surface area contributed by atoms with Crippen molar-refractivity contribution in [3.05, 3.63) is 36.5 Å². The highest BCUT2D eigenvalue weighted by atomic mass is 16.2. The average Bonchev–Trinajstić information content (AvgIpc) is 2.47. The normalized spacial score (nSPS) is 10.6. The summed E-state index contributed by atoms with van der Waals surface area (Å²) in [6.45, 7) is 1.10. The minimum Gasteiger partial charge on any atom is -0.347 e. The van der Waals surface area contributed by atoms with Crippen molar-refractivity contribution >= 4 is 28.4 Å². The molecular weight excluding hydrogens is 268 g/mol. The summed E-state index contributed by atoms with van der Waals surface area (Å²) in [5.41, 5.74) is 1.19. The first-order valence-electron chi connectivity index (χ1n) is 6.65. The predicted molar refractivity (Wildman–Crippen MR) is 81.9 cm³/mol. The lowest BCUT2D eigenvalue weighted by molar-refractivity contribution is -0.136. The molecule has 0 bridgehead atoms. The first-order chi connectivity index (χ1) is 10.1. The number of pyridine rings is 1. The number of aromatic nitrogens is 1. The number of benzene rings is 1. The van der Waals surface area contributed by atoms with E-state index in [9.17, 15) is 9.59 Å². The van der Waals surface area contributed by atoms with Gasteiger partial charge < -0.3 is 15.5 Å². The fourth-order valence-corrected chi connectivity index (χ4v) is 1.86. The van der Waals surface area contributed by atoms with Crippen molar-refractivity contribution in [3.8, 4) is 0 Å². The zero-order valence-corrected chi connectivity index (χ0v) is 12.1. The molecule has 0 saturated heterocycles. The molecule has 1 heterocycles. The summed E-state index contributed by atoms with van der Waals surface area (Å²) < 4.78 is 0. The molecule has 1 aromatic carbocycles. The zero-order valence-electron chi connectivity index (χ0n) is 12.1. The number of carbonyl (C=O) groups excluding carboxylic acids is 2. The largest absolute Gasteiger partial charge is 0.347 e. The third-order valence-electron chi connectivity index (χ3n) is 2.93. The van der Waals surface area contributed by atoms with Crippen LogP contribution in [0, 0.1) is 0 Å². The first kappa shape index (κ1) is 14.9. The van der Waals surface area contributed by atoms with Crippen LogP contribution in [-0.2, 0) is 9.59 Å². The average molecular weight is 286 g/mol. The van der Waals surface area contributed by atoms with E-state index in [4.69, 9.17) is 0 Å². The molecule has 0 saturated carbocycles. The maximum Gasteiger partial charge on any atom is 0.313 e. The number of rotatable bonds is 4. The smallest absolute Gasteiger partial charge is 0.313 e. The van der Waals surface area contributed by atoms with Gasteiger partial charge in [0.1, 0.15) is 0 Å². The second-order valence-corrected chi connectivity index (χ2v) is 4.89. The van der Waals surface area contributed by atoms with E-state index in [2.05, 4.69) is 15.6 Å². The van der Waals surface area contributed by atoms with Crippen LogP contribution in [0.5, 0.6) is 0 Å². The van der Waals surface area contributed by atoms with Crippen molar-refractivity contribution in [2.45, 2.75) is 0 Å². The molecule has 21 heavy (non-hydrogen) atoms. The summed E-state index contributed by atoms with van der Waals surface area (Å²) in [5, 5.41) is 6.07. The number of nitrogens with zero attached hydrogens (tertiary/aromatic N) is 2. The summed E-state index contributed by atoms with van der Waals surface area (Å²) in [6.07, 6.45) is 1.65. The third-order valence-corrected chi connectivity index (χ3v) is 2.93. The van der Waals surface area contributed by atoms with Crippen LogP contribution < -0.4 is 10.6 Å². The number of anilines is 1. The maximum atomic E-state index is 11.9. The zero-order chi connectivity index (χ0) is 15.2. The molecule has 0 fully saturated rings. The summed E-state index contributed by atoms with van der Waals surface area (Å²) >= 11 is 0. The Bertz CT molecular complexity index is 650. The highest BCUT2D eigenvalue weighted by Crippen LogP contribution is 2.20. The van der Waals surface area contributed by atoms with E-state index in [1.807, 2.05) is 43.3 Å². The number of carbonyl (C=O) groups is 2. The second-order valence-electron chi connectivity index (χ2n) is 4.89. The Morgan fingerprint density at radius 1 is 1.14 bits per heavy atom. The molecule has 0 aliphatic rings. The van der Waals surface area contributed by atoms with Gasteiger partial charge in [-0.05, 0) is 26.2 Å². The summed E-state index contributed by atoms with van der Waals surface area (Å²) in [6, 6.07) is 9.15. The van der Waals surface area contributed by atoms with E-state index >= 15 is 0 Å². The van der Waals surface area contributed by atoms with Gasteiger partial charge in [0.15, 0.2) is 0 Å². The lowest BCUT2D eigenvalue weighted by atomic mass is 10.2. The molecule has 1 aromatic heterocycles. The number of nitrogens with one attached hydrogen (secondary N) is 2. The van der Waals surface area contributed by atoms with E-state index in [1.165, 1.54) is 0 Å². The molecule has 2 rings (SSSR count). The minimum absolute atomic E-state index is 0.424. The summed E-state index contributed by atoms with van der Waals surface area (Å²) in [4.78, 5) is 29.7. The van der Waals surface area contributed by atoms with Crippen LogP contribution in [-0.4, -0.2) is 48.9 Å². The predicted octanol–water partition coefficient (Wildman–Crippen LogP) is 0.851. The molecule has 0 aliphatic carbocycles. The monoisotopic (exact) mass is 286 g/mol. The molecule has 0 radical (unpaired) electrons. The minimum atomic E-state index is -0.688. The van der Waals surface area contributed by atoms with Crippen LogP contribution in [0.1, 0.15) is 0 Å². The van der Waals surface area contributed by atoms with Crippen molar-refractivity contribution in [2.75, 3.05) is 32.5 Å². The number of hydrogen-bond donors (Lipinski definition) is 2. The van der Waals surface area contributed by atoms with Crippen molar-refractivity contribution in [1.82, 2.24) is 15.2 Å². The highest BCUT2D eigenvalue weighted by molar-refractivity contribution is 6.40. The van der Waals surface area contributed by atoms with Gasteiger partial charge in [0.05, 0.1) is 11.2 Å². The van der Waals surface area contributed by atoms with Crippen LogP contribution >= 0.6 is 0 Å². The van der Waals surface area contributed by atoms with Gasteiger partial charge in [-0.3, -0.25) is 14.6 Å². The molecule has 2 amide bonds. The number of para-hydroxylation sites is 1. The van der Waals surface area contributed by atoms with Crippen molar-refractivity contribution < 1.29 is 9.59 Å². The van der Waals surface area contributed by atoms with Crippen LogP contribution in [0.3, 0.4) is 0 Å². The second kappa shape index (κ2) is 6.81. The number of amides is 2. The van der Waals surface area contributed by atoms with Crippen LogP contribution in [0.15, 0.2) is 36.5 Å². The van der Waals surface area contributed by atoms with Gasteiger partial charge in [-0.25, -0.2) is 0 Å². The van der Waals surface area contributed by atoms with Crippen LogP contribution in [0.4, 0.5) is 5.69 Å². The Balaban J connectivity index is 2.03. The maximum absolute atomic E-state index is 11.9. The molecule has 0 unspecified atom stereocenters. The summed E-state index contributed by atoms with van der Waals surface area (Å²) in [5.74, 6) is -1.34. The van der Waals surface area contributed by atoms with Gasteiger partial charge in [-0.2, -0.15) is 0 Å². The van der Waals surface area contributed by atoms with Gasteiger partial charge in [0.2, 0.25) is 0 Å². The van der Waals surface area contributed by atoms with E-state index in [-0.39, 0.29) is 0 Å². The van der Waals surface area contributed by atoms with E-state index in [1.54, 1.807) is 12.3 Å². The van der Waals surface area contributed by atoms with Gasteiger partial charge in [-0.15, -0.1) is 0 Å². The Hall–Kier alpha value is -2.47. The van der Waals surface area contributed by atoms with Crippen LogP contribution in [0.2, 0.25) is 0 Å². The quantitative estimate of drug-likeness (QED) is 0.817. The molecule has 6 heteroatoms. The number of likely N-dealkylation sites (N-methyl/N-ethyl adjacent to an activating group) is 1. The lowest BCUT2D eigenvalue weighted by Gasteiger charge is -2.11. The molecule has 2 aromatic rings. The summed E-state index contributed by atoms with van der Waals surface area (Å²) in [7, 11) is 3.79. The van der Waals surface area contributed by atoms with E-state index < -0.39 is 11.8 Å². The molecule has 0 aliphatic heterocycles. The molecular formula is C15H18N4O2. The fourth-order valence-electron chi connectivity index (χ4n) is 1.86. The molecule has 0 atom stereocenters. The van der Waals surface area contributed by atoms with E-state index in [0.29, 0.717) is 24.3 Å². The van der Waals surface area contributed by atoms with Crippen LogP contribution in [0.25, 0.3) is 10.9 Å². The van der Waals surface area contributed by atoms with Crippen molar-refractivity contribution in [1.29, 1.82) is 0 Å². The standard InChI is InChI=1S/C15H18N4O2/c1-19(2)10-9-17-14(20)15(21)18-12-7-3-5-11-6-4-8-16-13(11)12/h3-8H,9-10H2,1-2H3,(H,17,20)(H,18,21). The Morgan fingerprint density at radius 2 is 1.90 bits per heavy atom. The van der Waals surface area contributed by atoms with Gasteiger partial charge in [0, 0.05) is 24.7 Å². The molecule has 0 spiro atoms. The first-order valence-corrected chi connectivity index (χ1v) is 6.65. The lowest BCUT2D eigenvalue weighted by Crippen LogP contribution is -2.38. The van der Waals surface area contributed by atoms with E-state index in [0.717, 1.165) is 5.39 Å². The van der Waals surface area contributed by atoms with Gasteiger partial charge in [-0.1, -0.05) is 18.2 Å². The SMILES string of the molecule is CN(C)CCNC(=O)C(=O)Nc1cccc2cccnc12. The number of hydrogen-bond acceptors (Lipinski definition) is 4. The Morgan fingerprint density at radius 3 is 2.67 bits per heavy atom. The topological polar surface area (TPSA) is 74.3 Å². The Labute approximate surface area is 123 Å². The number of fused-ring (bicyclic) bond motifs is 1. The molecule has 2 N–H and O–H groups in total. The van der Waals surface area contributed by atoms with Crippen molar-refractivity contribution in [3.63, 3.8) is 0 Å². The van der Waals surface area contributed by atoms with Crippen molar-refractivity contribution in [2.24, 2.45) is 0 Å². The molecule has 110 valence electrons. The Kier molecular flexibility index (Phi) is 4.84.